The Labute approximate surface area is 168 Å². The van der Waals surface area contributed by atoms with Crippen LogP contribution in [-0.4, -0.2) is 59.4 Å². The monoisotopic (exact) mass is 381 g/mol. The molecule has 0 amide bonds. The zero-order chi connectivity index (χ0) is 19.9. The minimum atomic E-state index is 0.433. The van der Waals surface area contributed by atoms with Crippen molar-refractivity contribution < 1.29 is 4.74 Å². The van der Waals surface area contributed by atoms with E-state index in [2.05, 4.69) is 41.1 Å². The van der Waals surface area contributed by atoms with Gasteiger partial charge in [-0.3, -0.25) is 9.58 Å². The third-order valence-corrected chi connectivity index (χ3v) is 5.58. The Kier molecular flexibility index (Phi) is 7.07. The summed E-state index contributed by atoms with van der Waals surface area (Å²) in [6, 6.07) is 9.93. The molecule has 2 aromatic rings. The lowest BCUT2D eigenvalue weighted by Crippen LogP contribution is -2.43. The van der Waals surface area contributed by atoms with Crippen LogP contribution in [0.25, 0.3) is 0 Å². The number of likely N-dealkylation sites (N-methyl/N-ethyl adjacent to an activating group) is 1. The van der Waals surface area contributed by atoms with Crippen molar-refractivity contribution in [1.29, 1.82) is 5.26 Å². The molecule has 0 saturated carbocycles. The summed E-state index contributed by atoms with van der Waals surface area (Å²) in [7, 11) is 4.16. The minimum absolute atomic E-state index is 0.433. The molecule has 0 aliphatic carbocycles. The molecule has 1 saturated heterocycles. The Bertz CT molecular complexity index is 796. The molecule has 0 spiro atoms. The fraction of sp³-hybridized carbons (Fsp3) is 0.545. The van der Waals surface area contributed by atoms with E-state index in [4.69, 9.17) is 10.00 Å². The number of piperidine rings is 1. The van der Waals surface area contributed by atoms with Gasteiger partial charge in [0.2, 0.25) is 0 Å². The van der Waals surface area contributed by atoms with Crippen molar-refractivity contribution in [2.75, 3.05) is 39.8 Å². The van der Waals surface area contributed by atoms with Crippen molar-refractivity contribution in [2.45, 2.75) is 25.8 Å². The van der Waals surface area contributed by atoms with E-state index in [-0.39, 0.29) is 0 Å². The summed E-state index contributed by atoms with van der Waals surface area (Å²) in [6.45, 7) is 7.00. The van der Waals surface area contributed by atoms with Gasteiger partial charge in [0.25, 0.3) is 0 Å². The molecule has 0 unspecified atom stereocenters. The molecule has 150 valence electrons. The van der Waals surface area contributed by atoms with Crippen LogP contribution in [0.2, 0.25) is 0 Å². The molecule has 2 atom stereocenters. The molecule has 6 nitrogen and oxygen atoms in total. The Morgan fingerprint density at radius 2 is 2.25 bits per heavy atom. The SMILES string of the molecule is CCN1CCC[C@@H](CN(C)CCOc2cccc(C#N)c2)[C@@H]1c1cnn(C)c1. The minimum Gasteiger partial charge on any atom is -0.492 e. The third kappa shape index (κ3) is 5.12. The normalized spacial score (nSPS) is 20.2. The summed E-state index contributed by atoms with van der Waals surface area (Å²) >= 11 is 0. The van der Waals surface area contributed by atoms with E-state index >= 15 is 0 Å². The lowest BCUT2D eigenvalue weighted by Gasteiger charge is -2.42. The highest BCUT2D eigenvalue weighted by molar-refractivity contribution is 5.36. The summed E-state index contributed by atoms with van der Waals surface area (Å²) in [5.41, 5.74) is 1.96. The predicted molar refractivity (Wildman–Crippen MR) is 110 cm³/mol. The van der Waals surface area contributed by atoms with E-state index in [1.54, 1.807) is 12.1 Å². The fourth-order valence-corrected chi connectivity index (χ4v) is 4.24. The zero-order valence-electron chi connectivity index (χ0n) is 17.2. The molecular formula is C22H31N5O. The molecule has 1 aromatic carbocycles. The van der Waals surface area contributed by atoms with E-state index < -0.39 is 0 Å². The van der Waals surface area contributed by atoms with Gasteiger partial charge in [-0.15, -0.1) is 0 Å². The summed E-state index contributed by atoms with van der Waals surface area (Å²) in [6.07, 6.45) is 6.68. The second-order valence-electron chi connectivity index (χ2n) is 7.67. The van der Waals surface area contributed by atoms with Gasteiger partial charge in [-0.2, -0.15) is 10.4 Å². The summed E-state index contributed by atoms with van der Waals surface area (Å²) in [5, 5.41) is 13.4. The number of hydrogen-bond donors (Lipinski definition) is 0. The number of nitriles is 1. The van der Waals surface area contributed by atoms with E-state index in [0.717, 1.165) is 31.9 Å². The van der Waals surface area contributed by atoms with Crippen LogP contribution in [0.4, 0.5) is 0 Å². The van der Waals surface area contributed by atoms with Crippen molar-refractivity contribution in [3.63, 3.8) is 0 Å². The van der Waals surface area contributed by atoms with Gasteiger partial charge in [0.1, 0.15) is 12.4 Å². The van der Waals surface area contributed by atoms with Gasteiger partial charge in [0, 0.05) is 37.9 Å². The lowest BCUT2D eigenvalue weighted by molar-refractivity contribution is 0.0733. The number of aryl methyl sites for hydroxylation is 1. The second kappa shape index (κ2) is 9.72. The first kappa shape index (κ1) is 20.4. The lowest BCUT2D eigenvalue weighted by atomic mass is 9.85. The number of ether oxygens (including phenoxy) is 1. The van der Waals surface area contributed by atoms with Gasteiger partial charge in [-0.05, 0) is 57.1 Å². The number of hydrogen-bond acceptors (Lipinski definition) is 5. The molecule has 3 rings (SSSR count). The van der Waals surface area contributed by atoms with Crippen LogP contribution < -0.4 is 4.74 Å². The number of rotatable bonds is 8. The fourth-order valence-electron chi connectivity index (χ4n) is 4.24. The predicted octanol–water partition coefficient (Wildman–Crippen LogP) is 3.08. The van der Waals surface area contributed by atoms with Crippen molar-refractivity contribution in [3.8, 4) is 11.8 Å². The Hall–Kier alpha value is -2.36. The van der Waals surface area contributed by atoms with E-state index in [1.807, 2.05) is 30.1 Å². The van der Waals surface area contributed by atoms with E-state index in [9.17, 15) is 0 Å². The molecule has 28 heavy (non-hydrogen) atoms. The quantitative estimate of drug-likeness (QED) is 0.703. The highest BCUT2D eigenvalue weighted by atomic mass is 16.5. The maximum absolute atomic E-state index is 9.00. The smallest absolute Gasteiger partial charge is 0.120 e. The maximum atomic E-state index is 9.00. The molecule has 1 fully saturated rings. The van der Waals surface area contributed by atoms with Crippen molar-refractivity contribution in [2.24, 2.45) is 13.0 Å². The standard InChI is InChI=1S/C22H31N5O/c1-4-27-10-6-8-19(22(27)20-15-24-26(3)17-20)16-25(2)11-12-28-21-9-5-7-18(13-21)14-23/h5,7,9,13,15,17,19,22H,4,6,8,10-12,16H2,1-3H3/t19-,22+/m0/s1. The average Bonchev–Trinajstić information content (AvgIpc) is 3.13. The third-order valence-electron chi connectivity index (χ3n) is 5.58. The van der Waals surface area contributed by atoms with E-state index in [1.165, 1.54) is 18.4 Å². The van der Waals surface area contributed by atoms with Gasteiger partial charge in [-0.25, -0.2) is 0 Å². The average molecular weight is 382 g/mol. The van der Waals surface area contributed by atoms with Crippen LogP contribution in [0.1, 0.15) is 36.9 Å². The molecule has 6 heteroatoms. The number of aromatic nitrogens is 2. The van der Waals surface area contributed by atoms with Crippen LogP contribution in [0.3, 0.4) is 0 Å². The van der Waals surface area contributed by atoms with Crippen LogP contribution >= 0.6 is 0 Å². The number of likely N-dealkylation sites (tertiary alicyclic amines) is 1. The van der Waals surface area contributed by atoms with Gasteiger partial charge in [0.05, 0.1) is 17.8 Å². The molecule has 0 radical (unpaired) electrons. The number of benzene rings is 1. The summed E-state index contributed by atoms with van der Waals surface area (Å²) in [4.78, 5) is 4.95. The Morgan fingerprint density at radius 3 is 2.96 bits per heavy atom. The van der Waals surface area contributed by atoms with Crippen molar-refractivity contribution >= 4 is 0 Å². The van der Waals surface area contributed by atoms with E-state index in [0.29, 0.717) is 24.1 Å². The van der Waals surface area contributed by atoms with Crippen LogP contribution in [0, 0.1) is 17.2 Å². The van der Waals surface area contributed by atoms with Gasteiger partial charge < -0.3 is 9.64 Å². The first-order valence-electron chi connectivity index (χ1n) is 10.1. The summed E-state index contributed by atoms with van der Waals surface area (Å²) in [5.74, 6) is 1.35. The van der Waals surface area contributed by atoms with Gasteiger partial charge in [0.15, 0.2) is 0 Å². The van der Waals surface area contributed by atoms with Crippen molar-refractivity contribution in [3.05, 3.63) is 47.8 Å². The second-order valence-corrected chi connectivity index (χ2v) is 7.67. The van der Waals surface area contributed by atoms with Crippen molar-refractivity contribution in [1.82, 2.24) is 19.6 Å². The molecule has 1 aromatic heterocycles. The summed E-state index contributed by atoms with van der Waals surface area (Å²) < 4.78 is 7.75. The molecule has 0 bridgehead atoms. The molecule has 2 heterocycles. The molecule has 0 N–H and O–H groups in total. The molecular weight excluding hydrogens is 350 g/mol. The Balaban J connectivity index is 1.56. The first-order chi connectivity index (χ1) is 13.6. The van der Waals surface area contributed by atoms with Crippen LogP contribution in [0.5, 0.6) is 5.75 Å². The van der Waals surface area contributed by atoms with Gasteiger partial charge in [-0.1, -0.05) is 13.0 Å². The zero-order valence-corrected chi connectivity index (χ0v) is 17.2. The Morgan fingerprint density at radius 1 is 1.39 bits per heavy atom. The number of nitrogens with zero attached hydrogens (tertiary/aromatic N) is 5. The molecule has 1 aliphatic rings. The largest absolute Gasteiger partial charge is 0.492 e. The highest BCUT2D eigenvalue weighted by Crippen LogP contribution is 2.36. The van der Waals surface area contributed by atoms with Gasteiger partial charge >= 0.3 is 0 Å². The molecule has 1 aliphatic heterocycles. The first-order valence-corrected chi connectivity index (χ1v) is 10.1. The van der Waals surface area contributed by atoms with Crippen LogP contribution in [-0.2, 0) is 7.05 Å². The van der Waals surface area contributed by atoms with Crippen LogP contribution in [0.15, 0.2) is 36.7 Å². The topological polar surface area (TPSA) is 57.3 Å². The highest BCUT2D eigenvalue weighted by Gasteiger charge is 2.33. The maximum Gasteiger partial charge on any atom is 0.120 e.